The Morgan fingerprint density at radius 2 is 1.95 bits per heavy atom. The molecule has 13 heteroatoms. The summed E-state index contributed by atoms with van der Waals surface area (Å²) < 4.78 is 32.7. The zero-order chi connectivity index (χ0) is 28.9. The average molecular weight is 597 g/mol. The number of anilines is 3. The highest BCUT2D eigenvalue weighted by atomic mass is 35.5. The molecule has 0 unspecified atom stereocenters. The first-order chi connectivity index (χ1) is 19.6. The van der Waals surface area contributed by atoms with E-state index in [2.05, 4.69) is 51.3 Å². The molecular formula is C28H33ClN8O3S. The van der Waals surface area contributed by atoms with Crippen LogP contribution < -0.4 is 10.2 Å². The lowest BCUT2D eigenvalue weighted by atomic mass is 9.94. The number of benzene rings is 1. The van der Waals surface area contributed by atoms with Crippen molar-refractivity contribution in [1.82, 2.24) is 29.0 Å². The lowest BCUT2D eigenvalue weighted by Gasteiger charge is -2.44. The second kappa shape index (κ2) is 10.8. The maximum atomic E-state index is 12.0. The number of fused-ring (bicyclic) bond motifs is 1. The van der Waals surface area contributed by atoms with Crippen LogP contribution >= 0.6 is 11.6 Å². The molecule has 1 N–H and O–H groups in total. The van der Waals surface area contributed by atoms with Gasteiger partial charge in [0.1, 0.15) is 11.6 Å². The molecule has 1 aromatic carbocycles. The molecule has 4 aromatic rings. The number of nitrogens with zero attached hydrogens (tertiary/aromatic N) is 7. The van der Waals surface area contributed by atoms with Gasteiger partial charge in [0.05, 0.1) is 30.5 Å². The van der Waals surface area contributed by atoms with E-state index in [0.717, 1.165) is 29.5 Å². The molecule has 11 nitrogen and oxygen atoms in total. The third-order valence-electron chi connectivity index (χ3n) is 7.83. The number of rotatable bonds is 9. The van der Waals surface area contributed by atoms with Crippen LogP contribution in [0.2, 0.25) is 5.15 Å². The molecule has 0 saturated carbocycles. The van der Waals surface area contributed by atoms with Gasteiger partial charge in [0, 0.05) is 56.4 Å². The molecule has 2 saturated heterocycles. The molecule has 0 amide bonds. The fourth-order valence-electron chi connectivity index (χ4n) is 5.21. The van der Waals surface area contributed by atoms with Crippen molar-refractivity contribution in [3.05, 3.63) is 53.6 Å². The molecule has 3 aromatic heterocycles. The number of sulfonamides is 1. The van der Waals surface area contributed by atoms with Crippen molar-refractivity contribution >= 4 is 49.7 Å². The van der Waals surface area contributed by atoms with Gasteiger partial charge < -0.3 is 15.0 Å². The van der Waals surface area contributed by atoms with E-state index in [9.17, 15) is 8.42 Å². The molecular weight excluding hydrogens is 564 g/mol. The van der Waals surface area contributed by atoms with Crippen molar-refractivity contribution in [2.24, 2.45) is 0 Å². The second-order valence-corrected chi connectivity index (χ2v) is 13.4. The largest absolute Gasteiger partial charge is 0.376 e. The van der Waals surface area contributed by atoms with E-state index in [4.69, 9.17) is 21.3 Å². The minimum Gasteiger partial charge on any atom is -0.376 e. The van der Waals surface area contributed by atoms with Gasteiger partial charge in [-0.25, -0.2) is 23.4 Å². The Morgan fingerprint density at radius 3 is 2.63 bits per heavy atom. The molecule has 0 aliphatic carbocycles. The predicted molar refractivity (Wildman–Crippen MR) is 160 cm³/mol. The zero-order valence-electron chi connectivity index (χ0n) is 23.5. The van der Waals surface area contributed by atoms with E-state index in [-0.39, 0.29) is 12.1 Å². The third-order valence-corrected chi connectivity index (χ3v) is 9.45. The van der Waals surface area contributed by atoms with Gasteiger partial charge in [-0.15, -0.1) is 0 Å². The third kappa shape index (κ3) is 5.61. The van der Waals surface area contributed by atoms with E-state index in [1.54, 1.807) is 24.0 Å². The van der Waals surface area contributed by atoms with Crippen molar-refractivity contribution in [1.29, 1.82) is 0 Å². The van der Waals surface area contributed by atoms with E-state index in [0.29, 0.717) is 53.7 Å². The molecule has 41 heavy (non-hydrogen) atoms. The van der Waals surface area contributed by atoms with Gasteiger partial charge in [-0.1, -0.05) is 31.5 Å². The van der Waals surface area contributed by atoms with Crippen molar-refractivity contribution in [3.8, 4) is 11.4 Å². The molecule has 2 fully saturated rings. The molecule has 6 rings (SSSR count). The maximum Gasteiger partial charge on any atom is 0.211 e. The number of nitrogens with one attached hydrogen (secondary N) is 1. The van der Waals surface area contributed by atoms with E-state index >= 15 is 0 Å². The molecule has 2 aliphatic rings. The minimum absolute atomic E-state index is 0.0437. The summed E-state index contributed by atoms with van der Waals surface area (Å²) in [5.74, 6) is 2.02. The van der Waals surface area contributed by atoms with Crippen LogP contribution in [0.1, 0.15) is 31.7 Å². The van der Waals surface area contributed by atoms with Gasteiger partial charge in [0.15, 0.2) is 11.0 Å². The highest BCUT2D eigenvalue weighted by Gasteiger charge is 2.35. The molecule has 0 spiro atoms. The Morgan fingerprint density at radius 1 is 1.17 bits per heavy atom. The Hall–Kier alpha value is -3.32. The average Bonchev–Trinajstić information content (AvgIpc) is 3.24. The van der Waals surface area contributed by atoms with Crippen molar-refractivity contribution < 1.29 is 13.2 Å². The normalized spacial score (nSPS) is 17.7. The number of likely N-dealkylation sites (N-methyl/N-ethyl adjacent to an activating group) is 1. The summed E-state index contributed by atoms with van der Waals surface area (Å²) in [6, 6.07) is 8.04. The van der Waals surface area contributed by atoms with Gasteiger partial charge in [-0.3, -0.25) is 4.68 Å². The van der Waals surface area contributed by atoms with Gasteiger partial charge in [0.25, 0.3) is 0 Å². The van der Waals surface area contributed by atoms with Crippen LogP contribution in [0.5, 0.6) is 0 Å². The van der Waals surface area contributed by atoms with E-state index in [1.165, 1.54) is 16.1 Å². The Bertz CT molecular complexity index is 1700. The smallest absolute Gasteiger partial charge is 0.211 e. The SMILES string of the molecule is CC(C)c1ccc(N2CC(N(C)S(C)(=O)=O)C2)c2cnc(Nc3ccnc(-c4cn(C[C@@H]5CCO5)nc4Cl)n3)cc12. The first-order valence-corrected chi connectivity index (χ1v) is 15.8. The molecule has 0 radical (unpaired) electrons. The molecule has 216 valence electrons. The van der Waals surface area contributed by atoms with E-state index < -0.39 is 10.0 Å². The molecule has 1 atom stereocenters. The second-order valence-electron chi connectivity index (χ2n) is 11.0. The fourth-order valence-corrected chi connectivity index (χ4v) is 6.12. The lowest BCUT2D eigenvalue weighted by Crippen LogP contribution is -2.59. The van der Waals surface area contributed by atoms with Crippen LogP contribution in [0.4, 0.5) is 17.3 Å². The van der Waals surface area contributed by atoms with Gasteiger partial charge >= 0.3 is 0 Å². The van der Waals surface area contributed by atoms with Crippen LogP contribution in [-0.4, -0.2) is 82.6 Å². The quantitative estimate of drug-likeness (QED) is 0.302. The summed E-state index contributed by atoms with van der Waals surface area (Å²) in [7, 11) is -1.59. The topological polar surface area (TPSA) is 118 Å². The van der Waals surface area contributed by atoms with Crippen LogP contribution in [0.25, 0.3) is 22.2 Å². The fraction of sp³-hybridized carbons (Fsp3) is 0.429. The van der Waals surface area contributed by atoms with Crippen LogP contribution in [0.15, 0.2) is 42.9 Å². The summed E-state index contributed by atoms with van der Waals surface area (Å²) in [4.78, 5) is 16.0. The Balaban J connectivity index is 1.25. The summed E-state index contributed by atoms with van der Waals surface area (Å²) in [5, 5.41) is 10.2. The number of hydrogen-bond acceptors (Lipinski definition) is 9. The first-order valence-electron chi connectivity index (χ1n) is 13.6. The standard InChI is InChI=1S/C28H33ClN8O3S/c1-17(2)20-5-6-24(36-13-18(14-36)35(3)41(4,38)39)22-12-31-26(11-21(20)22)32-25-7-9-30-28(33-25)23-16-37(34-27(23)29)15-19-8-10-40-19/h5-7,9,11-12,16-19H,8,10,13-15H2,1-4H3,(H,30,31,32,33)/t19-/m0/s1. The van der Waals surface area contributed by atoms with Crippen molar-refractivity contribution in [2.45, 2.75) is 44.9 Å². The number of pyridine rings is 1. The summed E-state index contributed by atoms with van der Waals surface area (Å²) in [6.45, 7) is 7.03. The number of hydrogen-bond donors (Lipinski definition) is 1. The maximum absolute atomic E-state index is 12.0. The zero-order valence-corrected chi connectivity index (χ0v) is 25.0. The highest BCUT2D eigenvalue weighted by molar-refractivity contribution is 7.88. The first kappa shape index (κ1) is 27.8. The van der Waals surface area contributed by atoms with Gasteiger partial charge in [-0.2, -0.15) is 9.40 Å². The van der Waals surface area contributed by atoms with Crippen LogP contribution in [0.3, 0.4) is 0 Å². The monoisotopic (exact) mass is 596 g/mol. The Labute approximate surface area is 244 Å². The number of aromatic nitrogens is 5. The summed E-state index contributed by atoms with van der Waals surface area (Å²) >= 11 is 6.43. The molecule has 2 aliphatic heterocycles. The van der Waals surface area contributed by atoms with Gasteiger partial charge in [-0.05, 0) is 41.5 Å². The van der Waals surface area contributed by atoms with E-state index in [1.807, 2.05) is 18.5 Å². The van der Waals surface area contributed by atoms with Crippen LogP contribution in [-0.2, 0) is 21.3 Å². The predicted octanol–water partition coefficient (Wildman–Crippen LogP) is 4.28. The lowest BCUT2D eigenvalue weighted by molar-refractivity contribution is -0.0608. The van der Waals surface area contributed by atoms with Crippen LogP contribution in [0, 0.1) is 0 Å². The summed E-state index contributed by atoms with van der Waals surface area (Å²) in [5.41, 5.74) is 2.91. The van der Waals surface area contributed by atoms with Gasteiger partial charge in [0.2, 0.25) is 10.0 Å². The van der Waals surface area contributed by atoms with Crippen molar-refractivity contribution in [3.63, 3.8) is 0 Å². The minimum atomic E-state index is -3.23. The summed E-state index contributed by atoms with van der Waals surface area (Å²) in [6.07, 6.45) is 7.83. The molecule has 0 bridgehead atoms. The van der Waals surface area contributed by atoms with Crippen molar-refractivity contribution in [2.75, 3.05) is 43.2 Å². The highest BCUT2D eigenvalue weighted by Crippen LogP contribution is 2.37. The number of halogens is 1. The number of ether oxygens (including phenoxy) is 1. The Kier molecular flexibility index (Phi) is 7.35. The molecule has 5 heterocycles.